The molecule has 0 bridgehead atoms. The summed E-state index contributed by atoms with van der Waals surface area (Å²) in [7, 11) is 1.25. The highest BCUT2D eigenvalue weighted by Crippen LogP contribution is 2.48. The van der Waals surface area contributed by atoms with Gasteiger partial charge < -0.3 is 4.74 Å². The van der Waals surface area contributed by atoms with Gasteiger partial charge in [0.25, 0.3) is 0 Å². The molecule has 0 N–H and O–H groups in total. The van der Waals surface area contributed by atoms with Gasteiger partial charge in [-0.1, -0.05) is 27.5 Å². The first kappa shape index (κ1) is 16.0. The molecule has 8 heteroatoms. The maximum Gasteiger partial charge on any atom is 0.323 e. The quantitative estimate of drug-likeness (QED) is 0.471. The monoisotopic (exact) mass is 412 g/mol. The second kappa shape index (κ2) is 5.96. The van der Waals surface area contributed by atoms with E-state index >= 15 is 0 Å². The van der Waals surface area contributed by atoms with Gasteiger partial charge >= 0.3 is 12.3 Å². The highest BCUT2D eigenvalue weighted by atomic mass is 79.9. The molecule has 1 aromatic rings. The summed E-state index contributed by atoms with van der Waals surface area (Å²) < 4.78 is 56.4. The predicted octanol–water partition coefficient (Wildman–Crippen LogP) is 5.45. The Bertz CT molecular complexity index is 442. The van der Waals surface area contributed by atoms with Gasteiger partial charge in [-0.15, -0.1) is 0 Å². The number of hydrogen-bond donors (Lipinski definition) is 0. The molecule has 0 aliphatic heterocycles. The standard InChI is InChI=1S/C10H7Br2ClF4O/c1-18-7-5(2-4(13)3-6(7)11)8(12)10(16,17)9(14)15/h2-3,8-9H,1H3. The summed E-state index contributed by atoms with van der Waals surface area (Å²) in [5.41, 5.74) is -0.151. The fourth-order valence-electron chi connectivity index (χ4n) is 1.30. The summed E-state index contributed by atoms with van der Waals surface area (Å²) in [5.74, 6) is -4.21. The van der Waals surface area contributed by atoms with E-state index in [0.29, 0.717) is 4.47 Å². The van der Waals surface area contributed by atoms with Crippen LogP contribution in [0.25, 0.3) is 0 Å². The fourth-order valence-corrected chi connectivity index (χ4v) is 2.84. The molecule has 0 saturated carbocycles. The average Bonchev–Trinajstić information content (AvgIpc) is 2.26. The van der Waals surface area contributed by atoms with E-state index in [1.807, 2.05) is 0 Å². The molecule has 0 radical (unpaired) electrons. The maximum atomic E-state index is 13.3. The van der Waals surface area contributed by atoms with Crippen LogP contribution in [0.2, 0.25) is 5.02 Å². The van der Waals surface area contributed by atoms with Gasteiger partial charge in [-0.2, -0.15) is 8.78 Å². The zero-order valence-electron chi connectivity index (χ0n) is 8.86. The van der Waals surface area contributed by atoms with Crippen molar-refractivity contribution in [2.45, 2.75) is 17.2 Å². The van der Waals surface area contributed by atoms with Crippen LogP contribution in [0.1, 0.15) is 10.4 Å². The van der Waals surface area contributed by atoms with Crippen molar-refractivity contribution in [3.63, 3.8) is 0 Å². The Morgan fingerprint density at radius 2 is 1.89 bits per heavy atom. The Morgan fingerprint density at radius 1 is 1.33 bits per heavy atom. The van der Waals surface area contributed by atoms with Crippen LogP contribution < -0.4 is 4.74 Å². The molecule has 0 amide bonds. The number of rotatable bonds is 4. The minimum Gasteiger partial charge on any atom is -0.495 e. The third-order valence-corrected chi connectivity index (χ3v) is 4.05. The van der Waals surface area contributed by atoms with Gasteiger partial charge in [-0.25, -0.2) is 8.78 Å². The van der Waals surface area contributed by atoms with Crippen LogP contribution in [-0.4, -0.2) is 19.5 Å². The normalized spacial score (nSPS) is 13.8. The number of hydrogen-bond acceptors (Lipinski definition) is 1. The lowest BCUT2D eigenvalue weighted by Gasteiger charge is -2.23. The van der Waals surface area contributed by atoms with Crippen molar-refractivity contribution in [2.75, 3.05) is 7.11 Å². The number of methoxy groups -OCH3 is 1. The summed E-state index contributed by atoms with van der Waals surface area (Å²) in [6, 6.07) is 2.57. The molecule has 0 aliphatic carbocycles. The molecule has 1 rings (SSSR count). The van der Waals surface area contributed by atoms with Gasteiger partial charge in [0.15, 0.2) is 0 Å². The van der Waals surface area contributed by atoms with Crippen LogP contribution in [0.4, 0.5) is 17.6 Å². The van der Waals surface area contributed by atoms with E-state index in [1.54, 1.807) is 0 Å². The molecule has 18 heavy (non-hydrogen) atoms. The number of benzene rings is 1. The minimum absolute atomic E-state index is 0.0293. The van der Waals surface area contributed by atoms with E-state index in [1.165, 1.54) is 13.2 Å². The van der Waals surface area contributed by atoms with Crippen molar-refractivity contribution < 1.29 is 22.3 Å². The molecule has 0 fully saturated rings. The minimum atomic E-state index is -4.24. The van der Waals surface area contributed by atoms with Gasteiger partial charge in [0, 0.05) is 10.6 Å². The average molecular weight is 414 g/mol. The van der Waals surface area contributed by atoms with E-state index in [9.17, 15) is 17.6 Å². The highest BCUT2D eigenvalue weighted by Gasteiger charge is 2.49. The summed E-state index contributed by atoms with van der Waals surface area (Å²) in [5, 5.41) is 0.132. The lowest BCUT2D eigenvalue weighted by molar-refractivity contribution is -0.128. The summed E-state index contributed by atoms with van der Waals surface area (Å²) in [6.45, 7) is 0. The third-order valence-electron chi connectivity index (χ3n) is 2.14. The molecular weight excluding hydrogens is 407 g/mol. The summed E-state index contributed by atoms with van der Waals surface area (Å²) in [6.07, 6.45) is -3.80. The van der Waals surface area contributed by atoms with Gasteiger partial charge in [-0.3, -0.25) is 0 Å². The molecule has 0 aromatic heterocycles. The van der Waals surface area contributed by atoms with E-state index in [4.69, 9.17) is 16.3 Å². The Hall–Kier alpha value is -0.0100. The van der Waals surface area contributed by atoms with Gasteiger partial charge in [0.2, 0.25) is 0 Å². The van der Waals surface area contributed by atoms with Crippen molar-refractivity contribution in [3.8, 4) is 5.75 Å². The Balaban J connectivity index is 3.32. The zero-order chi connectivity index (χ0) is 14.1. The Kier molecular flexibility index (Phi) is 5.32. The number of halogens is 7. The van der Waals surface area contributed by atoms with Crippen LogP contribution in [0.3, 0.4) is 0 Å². The molecule has 102 valence electrons. The van der Waals surface area contributed by atoms with Crippen molar-refractivity contribution in [2.24, 2.45) is 0 Å². The zero-order valence-corrected chi connectivity index (χ0v) is 12.8. The van der Waals surface area contributed by atoms with Crippen LogP contribution in [0.15, 0.2) is 16.6 Å². The van der Waals surface area contributed by atoms with Crippen LogP contribution in [0.5, 0.6) is 5.75 Å². The molecule has 0 spiro atoms. The van der Waals surface area contributed by atoms with Gasteiger partial charge in [-0.05, 0) is 28.1 Å². The largest absolute Gasteiger partial charge is 0.495 e. The molecule has 1 nitrogen and oxygen atoms in total. The molecular formula is C10H7Br2ClF4O. The first-order chi connectivity index (χ1) is 8.21. The first-order valence-corrected chi connectivity index (χ1v) is 6.63. The lowest BCUT2D eigenvalue weighted by Crippen LogP contribution is -2.31. The van der Waals surface area contributed by atoms with E-state index < -0.39 is 17.2 Å². The Labute approximate surface area is 123 Å². The SMILES string of the molecule is COc1c(Br)cc(Cl)cc1C(Br)C(F)(F)C(F)F. The van der Waals surface area contributed by atoms with Crippen LogP contribution >= 0.6 is 43.5 Å². The van der Waals surface area contributed by atoms with Crippen molar-refractivity contribution in [1.29, 1.82) is 0 Å². The van der Waals surface area contributed by atoms with Crippen LogP contribution in [-0.2, 0) is 0 Å². The lowest BCUT2D eigenvalue weighted by atomic mass is 10.1. The van der Waals surface area contributed by atoms with Crippen molar-refractivity contribution >= 4 is 43.5 Å². The maximum absolute atomic E-state index is 13.3. The second-order valence-electron chi connectivity index (χ2n) is 3.35. The molecule has 0 saturated heterocycles. The second-order valence-corrected chi connectivity index (χ2v) is 5.55. The number of alkyl halides is 5. The molecule has 1 aromatic carbocycles. The Morgan fingerprint density at radius 3 is 2.33 bits per heavy atom. The van der Waals surface area contributed by atoms with Crippen LogP contribution in [0, 0.1) is 0 Å². The highest BCUT2D eigenvalue weighted by molar-refractivity contribution is 9.10. The van der Waals surface area contributed by atoms with E-state index in [-0.39, 0.29) is 16.3 Å². The first-order valence-electron chi connectivity index (χ1n) is 4.54. The van der Waals surface area contributed by atoms with E-state index in [0.717, 1.165) is 6.07 Å². The molecule has 0 heterocycles. The molecule has 0 aliphatic rings. The van der Waals surface area contributed by atoms with Gasteiger partial charge in [0.05, 0.1) is 11.6 Å². The third kappa shape index (κ3) is 3.11. The predicted molar refractivity (Wildman–Crippen MR) is 68.3 cm³/mol. The van der Waals surface area contributed by atoms with Gasteiger partial charge in [0.1, 0.15) is 10.6 Å². The molecule has 1 atom stereocenters. The van der Waals surface area contributed by atoms with E-state index in [2.05, 4.69) is 31.9 Å². The van der Waals surface area contributed by atoms with Crippen molar-refractivity contribution in [1.82, 2.24) is 0 Å². The summed E-state index contributed by atoms with van der Waals surface area (Å²) in [4.78, 5) is -1.91. The van der Waals surface area contributed by atoms with Crippen molar-refractivity contribution in [3.05, 3.63) is 27.2 Å². The molecule has 1 unspecified atom stereocenters. The smallest absolute Gasteiger partial charge is 0.323 e. The topological polar surface area (TPSA) is 9.23 Å². The summed E-state index contributed by atoms with van der Waals surface area (Å²) >= 11 is 11.4. The fraction of sp³-hybridized carbons (Fsp3) is 0.400. The number of ether oxygens (including phenoxy) is 1.